The maximum Gasteiger partial charge on any atom is 0.416 e. The summed E-state index contributed by atoms with van der Waals surface area (Å²) < 4.78 is 49.3. The molecular formula is C21H13ClF3N3O3. The smallest absolute Gasteiger partial charge is 0.416 e. The molecule has 0 aliphatic carbocycles. The van der Waals surface area contributed by atoms with Crippen LogP contribution in [0.15, 0.2) is 48.5 Å². The first-order valence-corrected chi connectivity index (χ1v) is 8.96. The van der Waals surface area contributed by atoms with Gasteiger partial charge in [0.15, 0.2) is 0 Å². The van der Waals surface area contributed by atoms with Crippen LogP contribution in [-0.4, -0.2) is 18.1 Å². The molecule has 0 radical (unpaired) electrons. The zero-order valence-corrected chi connectivity index (χ0v) is 16.6. The quantitative estimate of drug-likeness (QED) is 0.534. The molecule has 0 amide bonds. The fourth-order valence-corrected chi connectivity index (χ4v) is 2.86. The lowest BCUT2D eigenvalue weighted by molar-refractivity contribution is -0.137. The van der Waals surface area contributed by atoms with E-state index < -0.39 is 17.7 Å². The van der Waals surface area contributed by atoms with Crippen molar-refractivity contribution in [2.24, 2.45) is 0 Å². The molecule has 1 aromatic heterocycles. The molecule has 0 saturated heterocycles. The molecule has 31 heavy (non-hydrogen) atoms. The third-order valence-corrected chi connectivity index (χ3v) is 4.45. The van der Waals surface area contributed by atoms with Gasteiger partial charge in [0, 0.05) is 10.6 Å². The van der Waals surface area contributed by atoms with Gasteiger partial charge in [-0.2, -0.15) is 18.4 Å². The Balaban J connectivity index is 2.20. The van der Waals surface area contributed by atoms with E-state index in [0.717, 1.165) is 25.3 Å². The van der Waals surface area contributed by atoms with E-state index in [4.69, 9.17) is 26.8 Å². The number of hydrogen-bond acceptors (Lipinski definition) is 6. The van der Waals surface area contributed by atoms with Gasteiger partial charge in [-0.25, -0.2) is 9.78 Å². The van der Waals surface area contributed by atoms with Crippen molar-refractivity contribution in [3.63, 3.8) is 0 Å². The van der Waals surface area contributed by atoms with Gasteiger partial charge in [-0.3, -0.25) is 0 Å². The number of aromatic nitrogens is 1. The van der Waals surface area contributed by atoms with Crippen LogP contribution >= 0.6 is 11.6 Å². The number of nitrogens with zero attached hydrogens (tertiary/aromatic N) is 2. The average molecular weight is 448 g/mol. The van der Waals surface area contributed by atoms with Crippen LogP contribution in [0.2, 0.25) is 5.02 Å². The van der Waals surface area contributed by atoms with Gasteiger partial charge in [0.25, 0.3) is 0 Å². The molecule has 3 aromatic rings. The van der Waals surface area contributed by atoms with Crippen molar-refractivity contribution in [3.05, 3.63) is 70.2 Å². The second-order valence-corrected chi connectivity index (χ2v) is 6.60. The number of alkyl halides is 3. The van der Waals surface area contributed by atoms with Gasteiger partial charge < -0.3 is 15.2 Å². The highest BCUT2D eigenvalue weighted by Crippen LogP contribution is 2.37. The predicted molar refractivity (Wildman–Crippen MR) is 107 cm³/mol. The van der Waals surface area contributed by atoms with E-state index in [-0.39, 0.29) is 34.1 Å². The highest BCUT2D eigenvalue weighted by atomic mass is 35.5. The van der Waals surface area contributed by atoms with E-state index in [2.05, 4.69) is 4.98 Å². The fraction of sp³-hybridized carbons (Fsp3) is 0.0952. The molecule has 0 unspecified atom stereocenters. The summed E-state index contributed by atoms with van der Waals surface area (Å²) in [6.45, 7) is 0. The first kappa shape index (κ1) is 21.9. The molecule has 10 heteroatoms. The number of nitrogen functional groups attached to an aromatic ring is 1. The normalized spacial score (nSPS) is 11.0. The minimum absolute atomic E-state index is 0.0157. The molecule has 6 nitrogen and oxygen atoms in total. The van der Waals surface area contributed by atoms with Gasteiger partial charge in [0.2, 0.25) is 5.88 Å². The Kier molecular flexibility index (Phi) is 6.04. The zero-order valence-electron chi connectivity index (χ0n) is 15.8. The number of carbonyl (C=O) groups excluding carboxylic acids is 1. The van der Waals surface area contributed by atoms with E-state index in [1.54, 1.807) is 30.3 Å². The molecule has 0 spiro atoms. The predicted octanol–water partition coefficient (Wildman–Crippen LogP) is 5.45. The molecule has 1 heterocycles. The van der Waals surface area contributed by atoms with Gasteiger partial charge in [-0.05, 0) is 30.3 Å². The lowest BCUT2D eigenvalue weighted by atomic mass is 10.0. The van der Waals surface area contributed by atoms with Gasteiger partial charge in [0.1, 0.15) is 22.9 Å². The number of carbonyl (C=O) groups is 1. The van der Waals surface area contributed by atoms with E-state index in [0.29, 0.717) is 10.6 Å². The van der Waals surface area contributed by atoms with Gasteiger partial charge in [-0.15, -0.1) is 0 Å². The van der Waals surface area contributed by atoms with Crippen molar-refractivity contribution < 1.29 is 27.4 Å². The average Bonchev–Trinajstić information content (AvgIpc) is 2.73. The van der Waals surface area contributed by atoms with Crippen LogP contribution in [0.3, 0.4) is 0 Å². The summed E-state index contributed by atoms with van der Waals surface area (Å²) in [5.74, 6) is -1.43. The number of hydrogen-bond donors (Lipinski definition) is 1. The third kappa shape index (κ3) is 4.54. The maximum absolute atomic E-state index is 13.0. The van der Waals surface area contributed by atoms with Crippen molar-refractivity contribution in [1.29, 1.82) is 5.26 Å². The second kappa shape index (κ2) is 8.53. The van der Waals surface area contributed by atoms with Crippen LogP contribution in [0.1, 0.15) is 21.5 Å². The molecule has 0 saturated carbocycles. The number of pyridine rings is 1. The Hall–Kier alpha value is -3.77. The number of nitriles is 1. The van der Waals surface area contributed by atoms with Crippen molar-refractivity contribution in [2.45, 2.75) is 6.18 Å². The summed E-state index contributed by atoms with van der Waals surface area (Å²) in [6.07, 6.45) is -4.59. The SMILES string of the molecule is COC(=O)c1c(-c2ccc(Cl)cc2)nc(Oc2cccc(C(F)(F)F)c2)c(C#N)c1N. The van der Waals surface area contributed by atoms with Gasteiger partial charge in [0.05, 0.1) is 24.1 Å². The van der Waals surface area contributed by atoms with E-state index >= 15 is 0 Å². The van der Waals surface area contributed by atoms with Gasteiger partial charge in [-0.1, -0.05) is 29.8 Å². The molecule has 0 fully saturated rings. The minimum atomic E-state index is -4.59. The fourth-order valence-electron chi connectivity index (χ4n) is 2.74. The Bertz CT molecular complexity index is 1190. The topological polar surface area (TPSA) is 98.2 Å². The number of halogens is 4. The van der Waals surface area contributed by atoms with Crippen molar-refractivity contribution >= 4 is 23.3 Å². The zero-order chi connectivity index (χ0) is 22.8. The molecule has 0 aliphatic rings. The molecule has 3 rings (SSSR count). The largest absolute Gasteiger partial charge is 0.465 e. The van der Waals surface area contributed by atoms with Crippen LogP contribution < -0.4 is 10.5 Å². The summed E-state index contributed by atoms with van der Waals surface area (Å²) >= 11 is 5.90. The maximum atomic E-state index is 13.0. The van der Waals surface area contributed by atoms with Crippen molar-refractivity contribution in [1.82, 2.24) is 4.98 Å². The lowest BCUT2D eigenvalue weighted by Crippen LogP contribution is -2.12. The number of esters is 1. The third-order valence-electron chi connectivity index (χ3n) is 4.20. The number of methoxy groups -OCH3 is 1. The summed E-state index contributed by atoms with van der Waals surface area (Å²) in [7, 11) is 1.13. The number of anilines is 1. The summed E-state index contributed by atoms with van der Waals surface area (Å²) in [6, 6.07) is 12.0. The minimum Gasteiger partial charge on any atom is -0.465 e. The number of nitrogens with two attached hydrogens (primary N) is 1. The standard InChI is InChI=1S/C21H13ClF3N3O3/c1-30-20(29)16-17(27)15(10-26)19(28-18(16)11-5-7-13(22)8-6-11)31-14-4-2-3-12(9-14)21(23,24)25/h2-9H,1H3,(H2,27,28). The first-order chi connectivity index (χ1) is 14.7. The molecule has 2 N–H and O–H groups in total. The summed E-state index contributed by atoms with van der Waals surface area (Å²) in [5, 5.41) is 9.96. The van der Waals surface area contributed by atoms with Crippen LogP contribution in [0.25, 0.3) is 11.3 Å². The van der Waals surface area contributed by atoms with E-state index in [9.17, 15) is 23.2 Å². The summed E-state index contributed by atoms with van der Waals surface area (Å²) in [5.41, 5.74) is 4.73. The highest BCUT2D eigenvalue weighted by molar-refractivity contribution is 6.30. The first-order valence-electron chi connectivity index (χ1n) is 8.58. The molecular weight excluding hydrogens is 435 g/mol. The lowest BCUT2D eigenvalue weighted by Gasteiger charge is -2.16. The number of ether oxygens (including phenoxy) is 2. The van der Waals surface area contributed by atoms with Crippen LogP contribution in [0.4, 0.5) is 18.9 Å². The van der Waals surface area contributed by atoms with Crippen LogP contribution in [0, 0.1) is 11.3 Å². The molecule has 2 aromatic carbocycles. The Morgan fingerprint density at radius 1 is 1.19 bits per heavy atom. The second-order valence-electron chi connectivity index (χ2n) is 6.17. The van der Waals surface area contributed by atoms with Gasteiger partial charge >= 0.3 is 12.1 Å². The Morgan fingerprint density at radius 3 is 2.45 bits per heavy atom. The Morgan fingerprint density at radius 2 is 1.87 bits per heavy atom. The van der Waals surface area contributed by atoms with Crippen molar-refractivity contribution in [3.8, 4) is 29.0 Å². The number of benzene rings is 2. The van der Waals surface area contributed by atoms with Crippen LogP contribution in [0.5, 0.6) is 11.6 Å². The summed E-state index contributed by atoms with van der Waals surface area (Å²) in [4.78, 5) is 16.6. The molecule has 0 atom stereocenters. The van der Waals surface area contributed by atoms with Crippen LogP contribution in [-0.2, 0) is 10.9 Å². The monoisotopic (exact) mass is 447 g/mol. The van der Waals surface area contributed by atoms with E-state index in [1.807, 2.05) is 0 Å². The highest BCUT2D eigenvalue weighted by Gasteiger charge is 2.31. The molecule has 158 valence electrons. The Labute approximate surface area is 179 Å². The van der Waals surface area contributed by atoms with Crippen molar-refractivity contribution in [2.75, 3.05) is 12.8 Å². The number of rotatable bonds is 4. The van der Waals surface area contributed by atoms with E-state index in [1.165, 1.54) is 6.07 Å². The molecule has 0 aliphatic heterocycles. The molecule has 0 bridgehead atoms.